The monoisotopic (exact) mass is 260 g/mol. The van der Waals surface area contributed by atoms with E-state index in [9.17, 15) is 14.4 Å². The SMILES string of the molecule is CCOC(=O)CN(C(=O)NC(C)C(=O)O)C(C)C. The van der Waals surface area contributed by atoms with Crippen molar-refractivity contribution in [2.45, 2.75) is 39.8 Å². The molecule has 1 unspecified atom stereocenters. The third-order valence-electron chi connectivity index (χ3n) is 2.20. The number of carboxylic acids is 1. The van der Waals surface area contributed by atoms with Crippen LogP contribution in [0.25, 0.3) is 0 Å². The second kappa shape index (κ2) is 7.52. The Morgan fingerprint density at radius 3 is 2.22 bits per heavy atom. The van der Waals surface area contributed by atoms with Crippen molar-refractivity contribution in [3.05, 3.63) is 0 Å². The van der Waals surface area contributed by atoms with Gasteiger partial charge in [-0.2, -0.15) is 0 Å². The molecular weight excluding hydrogens is 240 g/mol. The van der Waals surface area contributed by atoms with Crippen molar-refractivity contribution in [1.82, 2.24) is 10.2 Å². The fourth-order valence-corrected chi connectivity index (χ4v) is 1.16. The molecular formula is C11H20N2O5. The Bertz CT molecular complexity index is 317. The Morgan fingerprint density at radius 1 is 1.28 bits per heavy atom. The Hall–Kier alpha value is -1.79. The molecule has 0 rings (SSSR count). The van der Waals surface area contributed by atoms with Crippen molar-refractivity contribution in [3.8, 4) is 0 Å². The quantitative estimate of drug-likeness (QED) is 0.676. The van der Waals surface area contributed by atoms with E-state index in [4.69, 9.17) is 9.84 Å². The first-order valence-electron chi connectivity index (χ1n) is 5.75. The molecule has 0 bridgehead atoms. The molecule has 0 saturated carbocycles. The molecule has 0 aromatic heterocycles. The summed E-state index contributed by atoms with van der Waals surface area (Å²) in [5.74, 6) is -1.66. The summed E-state index contributed by atoms with van der Waals surface area (Å²) >= 11 is 0. The lowest BCUT2D eigenvalue weighted by atomic mass is 10.3. The number of nitrogens with zero attached hydrogens (tertiary/aromatic N) is 1. The van der Waals surface area contributed by atoms with Crippen molar-refractivity contribution in [2.75, 3.05) is 13.2 Å². The van der Waals surface area contributed by atoms with Crippen LogP contribution < -0.4 is 5.32 Å². The van der Waals surface area contributed by atoms with Crippen LogP contribution in [0.2, 0.25) is 0 Å². The van der Waals surface area contributed by atoms with Crippen LogP contribution in [0.4, 0.5) is 4.79 Å². The maximum Gasteiger partial charge on any atom is 0.325 e. The highest BCUT2D eigenvalue weighted by Gasteiger charge is 2.23. The molecule has 0 aliphatic heterocycles. The molecule has 2 amide bonds. The van der Waals surface area contributed by atoms with Crippen molar-refractivity contribution in [2.24, 2.45) is 0 Å². The molecule has 0 heterocycles. The van der Waals surface area contributed by atoms with Gasteiger partial charge in [0.1, 0.15) is 12.6 Å². The van der Waals surface area contributed by atoms with Crippen LogP contribution in [0.5, 0.6) is 0 Å². The molecule has 0 radical (unpaired) electrons. The van der Waals surface area contributed by atoms with E-state index in [0.717, 1.165) is 0 Å². The van der Waals surface area contributed by atoms with E-state index in [1.54, 1.807) is 20.8 Å². The molecule has 104 valence electrons. The van der Waals surface area contributed by atoms with Gasteiger partial charge in [-0.05, 0) is 27.7 Å². The summed E-state index contributed by atoms with van der Waals surface area (Å²) in [5, 5.41) is 11.0. The van der Waals surface area contributed by atoms with E-state index in [0.29, 0.717) is 0 Å². The highest BCUT2D eigenvalue weighted by atomic mass is 16.5. The first kappa shape index (κ1) is 16.2. The fraction of sp³-hybridized carbons (Fsp3) is 0.727. The van der Waals surface area contributed by atoms with Gasteiger partial charge in [-0.3, -0.25) is 9.59 Å². The Kier molecular flexibility index (Phi) is 6.77. The molecule has 0 aromatic rings. The van der Waals surface area contributed by atoms with Crippen molar-refractivity contribution in [3.63, 3.8) is 0 Å². The first-order chi connectivity index (χ1) is 8.29. The normalized spacial score (nSPS) is 11.8. The maximum absolute atomic E-state index is 11.8. The van der Waals surface area contributed by atoms with Crippen molar-refractivity contribution >= 4 is 18.0 Å². The number of nitrogens with one attached hydrogen (secondary N) is 1. The van der Waals surface area contributed by atoms with Gasteiger partial charge in [-0.25, -0.2) is 4.79 Å². The average Bonchev–Trinajstić information content (AvgIpc) is 2.25. The zero-order valence-electron chi connectivity index (χ0n) is 11.1. The summed E-state index contributed by atoms with van der Waals surface area (Å²) in [6, 6.07) is -1.86. The average molecular weight is 260 g/mol. The third kappa shape index (κ3) is 5.51. The number of aliphatic carboxylic acids is 1. The molecule has 0 fully saturated rings. The minimum absolute atomic E-state index is 0.205. The lowest BCUT2D eigenvalue weighted by Gasteiger charge is -2.26. The summed E-state index contributed by atoms with van der Waals surface area (Å²) in [5.41, 5.74) is 0. The van der Waals surface area contributed by atoms with E-state index in [1.807, 2.05) is 0 Å². The zero-order chi connectivity index (χ0) is 14.3. The number of ether oxygens (including phenoxy) is 1. The number of carboxylic acid groups (broad SMARTS) is 1. The minimum Gasteiger partial charge on any atom is -0.480 e. The molecule has 0 aliphatic carbocycles. The van der Waals surface area contributed by atoms with E-state index >= 15 is 0 Å². The lowest BCUT2D eigenvalue weighted by Crippen LogP contribution is -2.50. The molecule has 0 aliphatic rings. The molecule has 0 spiro atoms. The second-order valence-corrected chi connectivity index (χ2v) is 4.04. The van der Waals surface area contributed by atoms with Crippen molar-refractivity contribution < 1.29 is 24.2 Å². The van der Waals surface area contributed by atoms with Gasteiger partial charge < -0.3 is 20.1 Å². The third-order valence-corrected chi connectivity index (χ3v) is 2.20. The number of carbonyl (C=O) groups is 3. The number of amides is 2. The fourth-order valence-electron chi connectivity index (χ4n) is 1.16. The number of urea groups is 1. The molecule has 0 saturated heterocycles. The predicted molar refractivity (Wildman–Crippen MR) is 64.1 cm³/mol. The highest BCUT2D eigenvalue weighted by Crippen LogP contribution is 2.00. The van der Waals surface area contributed by atoms with Gasteiger partial charge in [0.25, 0.3) is 0 Å². The van der Waals surface area contributed by atoms with Crippen LogP contribution in [0.15, 0.2) is 0 Å². The summed E-state index contributed by atoms with van der Waals surface area (Å²) in [4.78, 5) is 35.0. The highest BCUT2D eigenvalue weighted by molar-refractivity contribution is 5.85. The van der Waals surface area contributed by atoms with E-state index < -0.39 is 24.0 Å². The smallest absolute Gasteiger partial charge is 0.325 e. The van der Waals surface area contributed by atoms with E-state index in [-0.39, 0.29) is 19.2 Å². The van der Waals surface area contributed by atoms with E-state index in [2.05, 4.69) is 5.32 Å². The van der Waals surface area contributed by atoms with Crippen LogP contribution in [0, 0.1) is 0 Å². The van der Waals surface area contributed by atoms with E-state index in [1.165, 1.54) is 11.8 Å². The Labute approximate surface area is 106 Å². The molecule has 7 nitrogen and oxygen atoms in total. The number of carbonyl (C=O) groups excluding carboxylic acids is 2. The van der Waals surface area contributed by atoms with Gasteiger partial charge in [0.15, 0.2) is 0 Å². The van der Waals surface area contributed by atoms with Gasteiger partial charge in [0.2, 0.25) is 0 Å². The van der Waals surface area contributed by atoms with Gasteiger partial charge >= 0.3 is 18.0 Å². The summed E-state index contributed by atoms with van der Waals surface area (Å²) in [7, 11) is 0. The first-order valence-corrected chi connectivity index (χ1v) is 5.75. The number of esters is 1. The topological polar surface area (TPSA) is 95.9 Å². The molecule has 7 heteroatoms. The number of hydrogen-bond donors (Lipinski definition) is 2. The van der Waals surface area contributed by atoms with Gasteiger partial charge in [0.05, 0.1) is 6.61 Å². The van der Waals surface area contributed by atoms with Crippen LogP contribution in [0.3, 0.4) is 0 Å². The second-order valence-electron chi connectivity index (χ2n) is 4.04. The standard InChI is InChI=1S/C11H20N2O5/c1-5-18-9(14)6-13(7(2)3)11(17)12-8(4)10(15)16/h7-8H,5-6H2,1-4H3,(H,12,17)(H,15,16). The molecule has 0 aromatic carbocycles. The van der Waals surface area contributed by atoms with Crippen LogP contribution in [-0.4, -0.2) is 53.2 Å². The van der Waals surface area contributed by atoms with Crippen LogP contribution >= 0.6 is 0 Å². The molecule has 1 atom stereocenters. The Balaban J connectivity index is 4.55. The largest absolute Gasteiger partial charge is 0.480 e. The zero-order valence-corrected chi connectivity index (χ0v) is 11.1. The van der Waals surface area contributed by atoms with Gasteiger partial charge in [-0.15, -0.1) is 0 Å². The summed E-state index contributed by atoms with van der Waals surface area (Å²) in [6.07, 6.45) is 0. The Morgan fingerprint density at radius 2 is 1.83 bits per heavy atom. The molecule has 2 N–H and O–H groups in total. The summed E-state index contributed by atoms with van der Waals surface area (Å²) in [6.45, 7) is 6.50. The number of rotatable bonds is 6. The maximum atomic E-state index is 11.8. The van der Waals surface area contributed by atoms with Crippen LogP contribution in [0.1, 0.15) is 27.7 Å². The minimum atomic E-state index is -1.14. The molecule has 18 heavy (non-hydrogen) atoms. The van der Waals surface area contributed by atoms with Crippen LogP contribution in [-0.2, 0) is 14.3 Å². The number of hydrogen-bond acceptors (Lipinski definition) is 4. The van der Waals surface area contributed by atoms with Gasteiger partial charge in [0, 0.05) is 6.04 Å². The van der Waals surface area contributed by atoms with Gasteiger partial charge in [-0.1, -0.05) is 0 Å². The lowest BCUT2D eigenvalue weighted by molar-refractivity contribution is -0.144. The summed E-state index contributed by atoms with van der Waals surface area (Å²) < 4.78 is 4.75. The predicted octanol–water partition coefficient (Wildman–Crippen LogP) is 0.443. The van der Waals surface area contributed by atoms with Crippen molar-refractivity contribution in [1.29, 1.82) is 0 Å².